The number of nitrogens with zero attached hydrogens (tertiary/aromatic N) is 4. The molecule has 2 aromatic heterocycles. The number of aryl methyl sites for hydroxylation is 1. The summed E-state index contributed by atoms with van der Waals surface area (Å²) < 4.78 is 16.5. The van der Waals surface area contributed by atoms with Gasteiger partial charge < -0.3 is 4.57 Å². The number of hydrogen-bond donors (Lipinski definition) is 0. The first-order valence-electron chi connectivity index (χ1n) is 6.80. The van der Waals surface area contributed by atoms with Gasteiger partial charge in [0.2, 0.25) is 5.28 Å². The van der Waals surface area contributed by atoms with Crippen LogP contribution in [0.1, 0.15) is 24.7 Å². The molecule has 1 aliphatic carbocycles. The molecule has 1 aliphatic rings. The number of imidazole rings is 1. The molecule has 6 heteroatoms. The highest BCUT2D eigenvalue weighted by molar-refractivity contribution is 6.28. The van der Waals surface area contributed by atoms with E-state index in [-0.39, 0.29) is 11.1 Å². The van der Waals surface area contributed by atoms with Crippen LogP contribution in [0.5, 0.6) is 0 Å². The molecule has 0 aliphatic heterocycles. The Labute approximate surface area is 125 Å². The largest absolute Gasteiger partial charge is 0.325 e. The van der Waals surface area contributed by atoms with Crippen molar-refractivity contribution in [3.05, 3.63) is 41.3 Å². The van der Waals surface area contributed by atoms with Crippen LogP contribution >= 0.6 is 11.6 Å². The first-order valence-corrected chi connectivity index (χ1v) is 7.18. The maximum absolute atomic E-state index is 14.4. The van der Waals surface area contributed by atoms with Crippen LogP contribution in [0, 0.1) is 12.7 Å². The second-order valence-electron chi connectivity index (χ2n) is 5.30. The number of aromatic nitrogens is 4. The van der Waals surface area contributed by atoms with Gasteiger partial charge in [-0.05, 0) is 49.6 Å². The van der Waals surface area contributed by atoms with Crippen molar-refractivity contribution in [3.63, 3.8) is 0 Å². The van der Waals surface area contributed by atoms with Gasteiger partial charge >= 0.3 is 0 Å². The van der Waals surface area contributed by atoms with E-state index in [2.05, 4.69) is 19.5 Å². The van der Waals surface area contributed by atoms with Crippen molar-refractivity contribution in [3.8, 4) is 11.3 Å². The van der Waals surface area contributed by atoms with Gasteiger partial charge in [-0.3, -0.25) is 0 Å². The second-order valence-corrected chi connectivity index (χ2v) is 5.63. The Balaban J connectivity index is 1.97. The van der Waals surface area contributed by atoms with Crippen LogP contribution in [0.15, 0.2) is 24.4 Å². The third kappa shape index (κ3) is 2.08. The molecule has 3 aromatic rings. The van der Waals surface area contributed by atoms with E-state index in [0.29, 0.717) is 22.8 Å². The molecule has 0 amide bonds. The quantitative estimate of drug-likeness (QED) is 0.674. The third-order valence-corrected chi connectivity index (χ3v) is 3.94. The SMILES string of the molecule is Cc1nc2c(F)cc(-c3ccnc(Cl)n3)cc2n1C1CC1. The maximum Gasteiger partial charge on any atom is 0.222 e. The highest BCUT2D eigenvalue weighted by Crippen LogP contribution is 2.39. The Morgan fingerprint density at radius 3 is 2.81 bits per heavy atom. The zero-order valence-electron chi connectivity index (χ0n) is 11.3. The zero-order chi connectivity index (χ0) is 14.6. The van der Waals surface area contributed by atoms with Crippen molar-refractivity contribution < 1.29 is 4.39 Å². The van der Waals surface area contributed by atoms with Crippen LogP contribution in [0.4, 0.5) is 4.39 Å². The average Bonchev–Trinajstić information content (AvgIpc) is 3.22. The van der Waals surface area contributed by atoms with E-state index in [9.17, 15) is 4.39 Å². The fourth-order valence-electron chi connectivity index (χ4n) is 2.71. The monoisotopic (exact) mass is 302 g/mol. The molecule has 0 unspecified atom stereocenters. The summed E-state index contributed by atoms with van der Waals surface area (Å²) in [5.74, 6) is 0.518. The van der Waals surface area contributed by atoms with E-state index < -0.39 is 0 Å². The van der Waals surface area contributed by atoms with E-state index in [1.54, 1.807) is 12.3 Å². The van der Waals surface area contributed by atoms with Gasteiger partial charge in [0.1, 0.15) is 11.3 Å². The van der Waals surface area contributed by atoms with E-state index in [1.807, 2.05) is 13.0 Å². The molecular formula is C15H12ClFN4. The van der Waals surface area contributed by atoms with Crippen LogP contribution < -0.4 is 0 Å². The lowest BCUT2D eigenvalue weighted by atomic mass is 10.1. The summed E-state index contributed by atoms with van der Waals surface area (Å²) in [5, 5.41) is 0.153. The first-order chi connectivity index (χ1) is 10.1. The lowest BCUT2D eigenvalue weighted by molar-refractivity contribution is 0.637. The Morgan fingerprint density at radius 2 is 2.10 bits per heavy atom. The van der Waals surface area contributed by atoms with E-state index in [0.717, 1.165) is 24.2 Å². The molecule has 1 aromatic carbocycles. The van der Waals surface area contributed by atoms with Gasteiger partial charge in [-0.15, -0.1) is 0 Å². The first kappa shape index (κ1) is 12.7. The summed E-state index contributed by atoms with van der Waals surface area (Å²) in [7, 11) is 0. The molecule has 0 bridgehead atoms. The van der Waals surface area contributed by atoms with Gasteiger partial charge in [0.05, 0.1) is 11.2 Å². The fraction of sp³-hybridized carbons (Fsp3) is 0.267. The molecule has 1 fully saturated rings. The second kappa shape index (κ2) is 4.49. The Morgan fingerprint density at radius 1 is 1.29 bits per heavy atom. The summed E-state index contributed by atoms with van der Waals surface area (Å²) in [6.45, 7) is 1.92. The highest BCUT2D eigenvalue weighted by Gasteiger charge is 2.28. The Hall–Kier alpha value is -2.01. The number of fused-ring (bicyclic) bond motifs is 1. The van der Waals surface area contributed by atoms with Crippen LogP contribution in [0.25, 0.3) is 22.3 Å². The Kier molecular flexibility index (Phi) is 2.72. The number of rotatable bonds is 2. The number of halogens is 2. The van der Waals surface area contributed by atoms with Crippen LogP contribution in [-0.2, 0) is 0 Å². The van der Waals surface area contributed by atoms with Crippen LogP contribution in [0.3, 0.4) is 0 Å². The smallest absolute Gasteiger partial charge is 0.222 e. The average molecular weight is 303 g/mol. The minimum Gasteiger partial charge on any atom is -0.325 e. The van der Waals surface area contributed by atoms with Gasteiger partial charge in [0.25, 0.3) is 0 Å². The molecule has 0 N–H and O–H groups in total. The van der Waals surface area contributed by atoms with Crippen molar-refractivity contribution in [1.29, 1.82) is 0 Å². The predicted molar refractivity (Wildman–Crippen MR) is 78.7 cm³/mol. The van der Waals surface area contributed by atoms with Gasteiger partial charge in [-0.25, -0.2) is 19.3 Å². The van der Waals surface area contributed by atoms with E-state index >= 15 is 0 Å². The lowest BCUT2D eigenvalue weighted by Crippen LogP contribution is -1.97. The van der Waals surface area contributed by atoms with Gasteiger partial charge in [0.15, 0.2) is 5.82 Å². The fourth-order valence-corrected chi connectivity index (χ4v) is 2.85. The molecule has 0 saturated heterocycles. The zero-order valence-corrected chi connectivity index (χ0v) is 12.1. The molecule has 0 radical (unpaired) electrons. The van der Waals surface area contributed by atoms with Crippen LogP contribution in [0.2, 0.25) is 5.28 Å². The van der Waals surface area contributed by atoms with Gasteiger partial charge in [-0.1, -0.05) is 0 Å². The van der Waals surface area contributed by atoms with Crippen molar-refractivity contribution in [2.75, 3.05) is 0 Å². The summed E-state index contributed by atoms with van der Waals surface area (Å²) in [6.07, 6.45) is 3.81. The van der Waals surface area contributed by atoms with Crippen molar-refractivity contribution in [1.82, 2.24) is 19.5 Å². The number of benzene rings is 1. The molecule has 1 saturated carbocycles. The third-order valence-electron chi connectivity index (χ3n) is 3.76. The molecule has 0 spiro atoms. The van der Waals surface area contributed by atoms with Gasteiger partial charge in [-0.2, -0.15) is 0 Å². The molecule has 21 heavy (non-hydrogen) atoms. The summed E-state index contributed by atoms with van der Waals surface area (Å²) in [5.41, 5.74) is 2.53. The standard InChI is InChI=1S/C15H12ClFN4/c1-8-19-14-11(17)6-9(12-4-5-18-15(16)20-12)7-13(14)21(8)10-2-3-10/h4-7,10H,2-3H2,1H3. The molecule has 2 heterocycles. The summed E-state index contributed by atoms with van der Waals surface area (Å²) in [6, 6.07) is 5.54. The summed E-state index contributed by atoms with van der Waals surface area (Å²) in [4.78, 5) is 12.4. The van der Waals surface area contributed by atoms with E-state index in [1.165, 1.54) is 6.07 Å². The van der Waals surface area contributed by atoms with Gasteiger partial charge in [0, 0.05) is 17.8 Å². The van der Waals surface area contributed by atoms with Crippen molar-refractivity contribution in [2.24, 2.45) is 0 Å². The number of hydrogen-bond acceptors (Lipinski definition) is 3. The Bertz CT molecular complexity index is 854. The molecular weight excluding hydrogens is 291 g/mol. The topological polar surface area (TPSA) is 43.6 Å². The lowest BCUT2D eigenvalue weighted by Gasteiger charge is -2.06. The van der Waals surface area contributed by atoms with Crippen LogP contribution in [-0.4, -0.2) is 19.5 Å². The predicted octanol–water partition coefficient (Wildman–Crippen LogP) is 3.93. The molecule has 4 rings (SSSR count). The molecule has 106 valence electrons. The minimum absolute atomic E-state index is 0.153. The highest BCUT2D eigenvalue weighted by atomic mass is 35.5. The molecule has 4 nitrogen and oxygen atoms in total. The van der Waals surface area contributed by atoms with Crippen molar-refractivity contribution in [2.45, 2.75) is 25.8 Å². The normalized spacial score (nSPS) is 14.8. The van der Waals surface area contributed by atoms with E-state index in [4.69, 9.17) is 11.6 Å². The molecule has 0 atom stereocenters. The minimum atomic E-state index is -0.334. The van der Waals surface area contributed by atoms with Crippen molar-refractivity contribution >= 4 is 22.6 Å². The maximum atomic E-state index is 14.4. The summed E-state index contributed by atoms with van der Waals surface area (Å²) >= 11 is 5.82.